The van der Waals surface area contributed by atoms with Crippen LogP contribution in [0.5, 0.6) is 5.88 Å². The van der Waals surface area contributed by atoms with Crippen molar-refractivity contribution in [3.8, 4) is 5.88 Å². The van der Waals surface area contributed by atoms with E-state index in [4.69, 9.17) is 16.6 Å². The molecule has 4 aromatic heterocycles. The molecule has 2 aliphatic rings. The molecule has 1 aliphatic carbocycles. The number of pyridine rings is 1. The van der Waals surface area contributed by atoms with Crippen molar-refractivity contribution < 1.29 is 14.5 Å². The number of amides is 1. The van der Waals surface area contributed by atoms with Gasteiger partial charge in [0.2, 0.25) is 11.8 Å². The molecule has 1 amide bonds. The van der Waals surface area contributed by atoms with E-state index in [1.807, 2.05) is 37.4 Å². The number of aromatic nitrogens is 5. The van der Waals surface area contributed by atoms with Gasteiger partial charge in [0.05, 0.1) is 21.6 Å². The summed E-state index contributed by atoms with van der Waals surface area (Å²) in [4.78, 5) is 43.4. The number of imidazole rings is 1. The standard InChI is InChI=1S/C34H37ClN8O4S2/c1-33(2,3)49(47)40-24-10-7-12-34(24)13-17-41(18-14-34)32-37-20-23(28-36-15-19-43(28)32)48-22-9-6-8-21(27(22)35)38-29(44)26-30(45)39-25-11-4-5-16-42(25)31(26)46/h4-6,8-9,11,15-16,19-20,24,40,45H,7,10,12-14,17-18H2,1-3H3,(H,38,44)/t24-,49-/m1/s1. The number of nitrogens with one attached hydrogen (secondary N) is 2. The average Bonchev–Trinajstić information content (AvgIpc) is 3.71. The molecule has 0 bridgehead atoms. The number of nitrogens with zero attached hydrogens (tertiary/aromatic N) is 6. The predicted molar refractivity (Wildman–Crippen MR) is 192 cm³/mol. The van der Waals surface area contributed by atoms with Crippen LogP contribution in [0.25, 0.3) is 11.3 Å². The number of hydrogen-bond acceptors (Lipinski definition) is 10. The highest BCUT2D eigenvalue weighted by molar-refractivity contribution is 7.99. The molecule has 1 saturated carbocycles. The fourth-order valence-electron chi connectivity index (χ4n) is 6.83. The SMILES string of the molecule is CC(C)(C)[S@@+]([O-])N[C@@H]1CCCC12CCN(c1ncc(Sc3cccc(NC(=O)c4c(O)nc5ccccn5c4=O)c3Cl)c3nccn13)CC2. The fraction of sp³-hybridized carbons (Fsp3) is 0.382. The minimum atomic E-state index is -1.10. The van der Waals surface area contributed by atoms with E-state index in [9.17, 15) is 19.2 Å². The van der Waals surface area contributed by atoms with Gasteiger partial charge >= 0.3 is 0 Å². The molecular weight excluding hydrogens is 684 g/mol. The Kier molecular flexibility index (Phi) is 9.03. The van der Waals surface area contributed by atoms with Crippen LogP contribution in [0.4, 0.5) is 11.6 Å². The second-order valence-electron chi connectivity index (χ2n) is 13.6. The van der Waals surface area contributed by atoms with Gasteiger partial charge < -0.3 is 19.9 Å². The largest absolute Gasteiger partial charge is 0.598 e. The Balaban J connectivity index is 1.08. The number of rotatable bonds is 7. The molecular formula is C34H37ClN8O4S2. The molecule has 49 heavy (non-hydrogen) atoms. The summed E-state index contributed by atoms with van der Waals surface area (Å²) in [5, 5.41) is 13.3. The molecule has 1 aromatic carbocycles. The van der Waals surface area contributed by atoms with Gasteiger partial charge in [0.1, 0.15) is 10.4 Å². The number of fused-ring (bicyclic) bond motifs is 2. The molecule has 2 fully saturated rings. The highest BCUT2D eigenvalue weighted by Crippen LogP contribution is 2.48. The molecule has 15 heteroatoms. The minimum absolute atomic E-state index is 0.135. The van der Waals surface area contributed by atoms with Gasteiger partial charge in [0.25, 0.3) is 11.5 Å². The Morgan fingerprint density at radius 2 is 1.88 bits per heavy atom. The van der Waals surface area contributed by atoms with E-state index in [-0.39, 0.29) is 32.6 Å². The second kappa shape index (κ2) is 13.1. The Morgan fingerprint density at radius 1 is 1.08 bits per heavy atom. The lowest BCUT2D eigenvalue weighted by atomic mass is 9.74. The summed E-state index contributed by atoms with van der Waals surface area (Å²) in [6.45, 7) is 7.70. The van der Waals surface area contributed by atoms with Crippen molar-refractivity contribution in [3.63, 3.8) is 0 Å². The summed E-state index contributed by atoms with van der Waals surface area (Å²) in [5.74, 6) is -0.678. The summed E-state index contributed by atoms with van der Waals surface area (Å²) >= 11 is 7.05. The number of benzene rings is 1. The number of aromatic hydroxyl groups is 1. The third-order valence-corrected chi connectivity index (χ3v) is 12.7. The fourth-order valence-corrected chi connectivity index (χ4v) is 9.03. The van der Waals surface area contributed by atoms with E-state index in [2.05, 4.69) is 24.9 Å². The van der Waals surface area contributed by atoms with Crippen molar-refractivity contribution in [1.82, 2.24) is 28.5 Å². The van der Waals surface area contributed by atoms with E-state index in [0.29, 0.717) is 4.90 Å². The highest BCUT2D eigenvalue weighted by Gasteiger charge is 2.48. The van der Waals surface area contributed by atoms with E-state index in [1.165, 1.54) is 22.4 Å². The van der Waals surface area contributed by atoms with Gasteiger partial charge in [-0.3, -0.25) is 18.4 Å². The summed E-state index contributed by atoms with van der Waals surface area (Å²) in [5.41, 5.74) is 0.163. The molecule has 12 nitrogen and oxygen atoms in total. The second-order valence-corrected chi connectivity index (χ2v) is 17.0. The maximum absolute atomic E-state index is 13.2. The molecule has 1 saturated heterocycles. The van der Waals surface area contributed by atoms with Crippen molar-refractivity contribution in [2.75, 3.05) is 23.3 Å². The predicted octanol–water partition coefficient (Wildman–Crippen LogP) is 5.69. The van der Waals surface area contributed by atoms with Gasteiger partial charge in [0.15, 0.2) is 11.2 Å². The number of piperidine rings is 1. The number of carbonyl (C=O) groups is 1. The number of halogens is 1. The third-order valence-electron chi connectivity index (χ3n) is 9.50. The molecule has 7 rings (SSSR count). The van der Waals surface area contributed by atoms with Crippen LogP contribution in [0.2, 0.25) is 5.02 Å². The molecule has 5 aromatic rings. The third kappa shape index (κ3) is 6.36. The number of carbonyl (C=O) groups excluding carboxylic acids is 1. The lowest BCUT2D eigenvalue weighted by molar-refractivity contribution is 0.102. The zero-order valence-electron chi connectivity index (χ0n) is 27.4. The van der Waals surface area contributed by atoms with Gasteiger partial charge in [-0.05, 0) is 76.1 Å². The zero-order chi connectivity index (χ0) is 34.5. The van der Waals surface area contributed by atoms with Crippen LogP contribution in [-0.2, 0) is 11.4 Å². The lowest BCUT2D eigenvalue weighted by Crippen LogP contribution is -2.53. The topological polar surface area (TPSA) is 152 Å². The van der Waals surface area contributed by atoms with Crippen molar-refractivity contribution in [1.29, 1.82) is 0 Å². The van der Waals surface area contributed by atoms with Gasteiger partial charge in [-0.15, -0.1) is 4.72 Å². The molecule has 3 N–H and O–H groups in total. The molecule has 0 radical (unpaired) electrons. The first-order valence-corrected chi connectivity index (χ1v) is 18.5. The normalized spacial score (nSPS) is 18.4. The Morgan fingerprint density at radius 3 is 2.65 bits per heavy atom. The van der Waals surface area contributed by atoms with Crippen molar-refractivity contribution in [2.45, 2.75) is 73.5 Å². The minimum Gasteiger partial charge on any atom is -0.598 e. The van der Waals surface area contributed by atoms with Crippen LogP contribution in [0.15, 0.2) is 75.8 Å². The maximum Gasteiger partial charge on any atom is 0.274 e. The van der Waals surface area contributed by atoms with Crippen LogP contribution in [0.1, 0.15) is 63.2 Å². The monoisotopic (exact) mass is 720 g/mol. The lowest BCUT2D eigenvalue weighted by Gasteiger charge is -2.44. The first kappa shape index (κ1) is 33.7. The van der Waals surface area contributed by atoms with E-state index in [0.717, 1.165) is 61.7 Å². The first-order chi connectivity index (χ1) is 23.4. The summed E-state index contributed by atoms with van der Waals surface area (Å²) in [6, 6.07) is 10.3. The Hall–Kier alpha value is -3.82. The smallest absolute Gasteiger partial charge is 0.274 e. The molecule has 2 atom stereocenters. The molecule has 0 unspecified atom stereocenters. The van der Waals surface area contributed by atoms with Crippen LogP contribution in [-0.4, -0.2) is 63.2 Å². The maximum atomic E-state index is 13.2. The average molecular weight is 721 g/mol. The van der Waals surface area contributed by atoms with E-state index >= 15 is 0 Å². The van der Waals surface area contributed by atoms with Crippen molar-refractivity contribution in [3.05, 3.63) is 82.1 Å². The summed E-state index contributed by atoms with van der Waals surface area (Å²) < 4.78 is 19.3. The quantitative estimate of drug-likeness (QED) is 0.179. The zero-order valence-corrected chi connectivity index (χ0v) is 29.7. The molecule has 1 aliphatic heterocycles. The molecule has 1 spiro atoms. The van der Waals surface area contributed by atoms with Crippen LogP contribution in [0.3, 0.4) is 0 Å². The van der Waals surface area contributed by atoms with Gasteiger partial charge in [-0.1, -0.05) is 41.9 Å². The van der Waals surface area contributed by atoms with Gasteiger partial charge in [0, 0.05) is 54.1 Å². The molecule has 256 valence electrons. The van der Waals surface area contributed by atoms with E-state index < -0.39 is 34.3 Å². The summed E-state index contributed by atoms with van der Waals surface area (Å²) in [6.07, 6.45) is 12.2. The Labute approximate surface area is 295 Å². The van der Waals surface area contributed by atoms with Gasteiger partial charge in [-0.2, -0.15) is 4.98 Å². The summed E-state index contributed by atoms with van der Waals surface area (Å²) in [7, 11) is 0. The van der Waals surface area contributed by atoms with Crippen molar-refractivity contribution >= 4 is 63.6 Å². The van der Waals surface area contributed by atoms with Crippen LogP contribution < -0.4 is 20.5 Å². The van der Waals surface area contributed by atoms with Crippen molar-refractivity contribution in [2.24, 2.45) is 5.41 Å². The highest BCUT2D eigenvalue weighted by atomic mass is 35.5. The van der Waals surface area contributed by atoms with Crippen LogP contribution >= 0.6 is 23.4 Å². The first-order valence-electron chi connectivity index (χ1n) is 16.2. The number of anilines is 2. The van der Waals surface area contributed by atoms with Gasteiger partial charge in [-0.25, -0.2) is 9.97 Å². The Bertz CT molecular complexity index is 2110. The van der Waals surface area contributed by atoms with Crippen LogP contribution in [0, 0.1) is 5.41 Å². The molecule has 5 heterocycles. The number of hydrogen-bond donors (Lipinski definition) is 3. The van der Waals surface area contributed by atoms with E-state index in [1.54, 1.807) is 42.7 Å².